The zero-order valence-electron chi connectivity index (χ0n) is 13.3. The third kappa shape index (κ3) is 2.13. The summed E-state index contributed by atoms with van der Waals surface area (Å²) in [6, 6.07) is 13.6. The van der Waals surface area contributed by atoms with Crippen molar-refractivity contribution in [2.45, 2.75) is 0 Å². The van der Waals surface area contributed by atoms with E-state index in [1.165, 1.54) is 0 Å². The molecule has 5 heteroatoms. The zero-order chi connectivity index (χ0) is 16.7. The standard InChI is InChI=1S/C19H16N2O3/c1-23-12-5-3-11(4-6-12)17-14-9-13(24-2)7-8-16(14)21-18-15(17)10-20-19(18)22/h3-10,20,22H,1-2H3. The van der Waals surface area contributed by atoms with Crippen LogP contribution >= 0.6 is 0 Å². The molecule has 2 aromatic heterocycles. The molecule has 0 aliphatic rings. The Morgan fingerprint density at radius 2 is 1.62 bits per heavy atom. The normalized spacial score (nSPS) is 11.1. The highest BCUT2D eigenvalue weighted by Crippen LogP contribution is 2.39. The highest BCUT2D eigenvalue weighted by molar-refractivity contribution is 6.11. The molecule has 2 heterocycles. The molecule has 5 nitrogen and oxygen atoms in total. The van der Waals surface area contributed by atoms with Crippen molar-refractivity contribution in [2.24, 2.45) is 0 Å². The van der Waals surface area contributed by atoms with Gasteiger partial charge in [-0.3, -0.25) is 0 Å². The fraction of sp³-hybridized carbons (Fsp3) is 0.105. The third-order valence-corrected chi connectivity index (χ3v) is 4.19. The average Bonchev–Trinajstić information content (AvgIpc) is 3.00. The van der Waals surface area contributed by atoms with Crippen LogP contribution in [0, 0.1) is 0 Å². The number of hydrogen-bond acceptors (Lipinski definition) is 4. The van der Waals surface area contributed by atoms with Crippen LogP contribution in [0.3, 0.4) is 0 Å². The van der Waals surface area contributed by atoms with Crippen molar-refractivity contribution in [1.29, 1.82) is 0 Å². The average molecular weight is 320 g/mol. The first-order chi connectivity index (χ1) is 11.7. The van der Waals surface area contributed by atoms with Gasteiger partial charge in [-0.2, -0.15) is 0 Å². The first kappa shape index (κ1) is 14.4. The summed E-state index contributed by atoms with van der Waals surface area (Å²) in [6.45, 7) is 0. The van der Waals surface area contributed by atoms with Gasteiger partial charge in [-0.1, -0.05) is 12.1 Å². The maximum Gasteiger partial charge on any atom is 0.215 e. The van der Waals surface area contributed by atoms with Gasteiger partial charge in [0.25, 0.3) is 0 Å². The molecule has 0 aliphatic heterocycles. The molecular formula is C19H16N2O3. The lowest BCUT2D eigenvalue weighted by Crippen LogP contribution is -1.90. The van der Waals surface area contributed by atoms with Crippen molar-refractivity contribution in [1.82, 2.24) is 9.97 Å². The number of methoxy groups -OCH3 is 2. The zero-order valence-corrected chi connectivity index (χ0v) is 13.3. The van der Waals surface area contributed by atoms with E-state index in [9.17, 15) is 5.11 Å². The summed E-state index contributed by atoms with van der Waals surface area (Å²) < 4.78 is 10.6. The number of benzene rings is 2. The van der Waals surface area contributed by atoms with E-state index in [4.69, 9.17) is 9.47 Å². The Bertz CT molecular complexity index is 1040. The first-order valence-electron chi connectivity index (χ1n) is 7.53. The van der Waals surface area contributed by atoms with Crippen LogP contribution in [0.15, 0.2) is 48.7 Å². The smallest absolute Gasteiger partial charge is 0.215 e. The van der Waals surface area contributed by atoms with Crippen LogP contribution in [-0.2, 0) is 0 Å². The van der Waals surface area contributed by atoms with Gasteiger partial charge in [0.1, 0.15) is 17.0 Å². The number of hydrogen-bond donors (Lipinski definition) is 2. The maximum atomic E-state index is 10.1. The van der Waals surface area contributed by atoms with Crippen molar-refractivity contribution in [3.05, 3.63) is 48.7 Å². The predicted molar refractivity (Wildman–Crippen MR) is 93.8 cm³/mol. The van der Waals surface area contributed by atoms with Gasteiger partial charge in [-0.05, 0) is 35.9 Å². The Kier molecular flexibility index (Phi) is 3.27. The highest BCUT2D eigenvalue weighted by atomic mass is 16.5. The van der Waals surface area contributed by atoms with Crippen LogP contribution < -0.4 is 9.47 Å². The molecule has 0 radical (unpaired) electrons. The van der Waals surface area contributed by atoms with Gasteiger partial charge < -0.3 is 19.6 Å². The molecule has 0 atom stereocenters. The molecule has 4 rings (SSSR count). The van der Waals surface area contributed by atoms with Crippen LogP contribution in [0.2, 0.25) is 0 Å². The second-order valence-corrected chi connectivity index (χ2v) is 5.50. The second-order valence-electron chi connectivity index (χ2n) is 5.50. The summed E-state index contributed by atoms with van der Waals surface area (Å²) in [5, 5.41) is 11.9. The van der Waals surface area contributed by atoms with E-state index in [2.05, 4.69) is 9.97 Å². The van der Waals surface area contributed by atoms with Crippen LogP contribution in [0.25, 0.3) is 32.9 Å². The number of aromatic amines is 1. The summed E-state index contributed by atoms with van der Waals surface area (Å²) in [4.78, 5) is 7.42. The van der Waals surface area contributed by atoms with Crippen molar-refractivity contribution in [3.63, 3.8) is 0 Å². The summed E-state index contributed by atoms with van der Waals surface area (Å²) in [7, 11) is 3.28. The van der Waals surface area contributed by atoms with Gasteiger partial charge in [0, 0.05) is 22.5 Å². The van der Waals surface area contributed by atoms with Gasteiger partial charge >= 0.3 is 0 Å². The lowest BCUT2D eigenvalue weighted by atomic mass is 9.97. The largest absolute Gasteiger partial charge is 0.497 e. The lowest BCUT2D eigenvalue weighted by molar-refractivity contribution is 0.415. The number of nitrogens with zero attached hydrogens (tertiary/aromatic N) is 1. The molecule has 4 aromatic rings. The number of ether oxygens (including phenoxy) is 2. The highest BCUT2D eigenvalue weighted by Gasteiger charge is 2.15. The summed E-state index contributed by atoms with van der Waals surface area (Å²) in [5.74, 6) is 1.62. The third-order valence-electron chi connectivity index (χ3n) is 4.19. The molecule has 0 bridgehead atoms. The van der Waals surface area contributed by atoms with Gasteiger partial charge in [0.05, 0.1) is 19.7 Å². The van der Waals surface area contributed by atoms with Gasteiger partial charge in [0.15, 0.2) is 0 Å². The van der Waals surface area contributed by atoms with Crippen molar-refractivity contribution >= 4 is 21.8 Å². The van der Waals surface area contributed by atoms with Crippen LogP contribution in [0.4, 0.5) is 0 Å². The molecule has 0 unspecified atom stereocenters. The molecule has 2 aromatic carbocycles. The van der Waals surface area contributed by atoms with E-state index >= 15 is 0 Å². The van der Waals surface area contributed by atoms with Gasteiger partial charge in [-0.15, -0.1) is 0 Å². The molecule has 0 fully saturated rings. The molecule has 0 amide bonds. The molecule has 2 N–H and O–H groups in total. The van der Waals surface area contributed by atoms with E-state index in [1.54, 1.807) is 20.4 Å². The maximum absolute atomic E-state index is 10.1. The van der Waals surface area contributed by atoms with E-state index in [0.717, 1.165) is 38.9 Å². The topological polar surface area (TPSA) is 67.4 Å². The van der Waals surface area contributed by atoms with Gasteiger partial charge in [0.2, 0.25) is 5.88 Å². The van der Waals surface area contributed by atoms with Crippen molar-refractivity contribution < 1.29 is 14.6 Å². The molecule has 0 spiro atoms. The van der Waals surface area contributed by atoms with Crippen LogP contribution in [0.5, 0.6) is 17.4 Å². The summed E-state index contributed by atoms with van der Waals surface area (Å²) in [6.07, 6.45) is 1.77. The predicted octanol–water partition coefficient (Wildman–Crippen LogP) is 4.11. The quantitative estimate of drug-likeness (QED) is 0.596. The first-order valence-corrected chi connectivity index (χ1v) is 7.53. The number of H-pyrrole nitrogens is 1. The summed E-state index contributed by atoms with van der Waals surface area (Å²) >= 11 is 0. The molecule has 0 aliphatic carbocycles. The Morgan fingerprint density at radius 1 is 0.917 bits per heavy atom. The molecule has 120 valence electrons. The van der Waals surface area contributed by atoms with Crippen LogP contribution in [-0.4, -0.2) is 29.3 Å². The van der Waals surface area contributed by atoms with Gasteiger partial charge in [-0.25, -0.2) is 4.98 Å². The molecular weight excluding hydrogens is 304 g/mol. The molecule has 0 saturated heterocycles. The number of pyridine rings is 1. The number of nitrogens with one attached hydrogen (secondary N) is 1. The van der Waals surface area contributed by atoms with E-state index < -0.39 is 0 Å². The second kappa shape index (κ2) is 5.45. The number of fused-ring (bicyclic) bond motifs is 2. The number of aromatic nitrogens is 2. The monoisotopic (exact) mass is 320 g/mol. The fourth-order valence-electron chi connectivity index (χ4n) is 2.98. The summed E-state index contributed by atoms with van der Waals surface area (Å²) in [5.41, 5.74) is 3.36. The van der Waals surface area contributed by atoms with E-state index in [1.807, 2.05) is 42.5 Å². The lowest BCUT2D eigenvalue weighted by Gasteiger charge is -2.11. The minimum Gasteiger partial charge on any atom is -0.497 e. The Hall–Kier alpha value is -3.21. The Labute approximate surface area is 138 Å². The molecule has 0 saturated carbocycles. The minimum atomic E-state index is 0.0671. The molecule has 24 heavy (non-hydrogen) atoms. The SMILES string of the molecule is COc1ccc(-c2c3cc(OC)ccc3nc3c(O)[nH]cc23)cc1. The van der Waals surface area contributed by atoms with E-state index in [0.29, 0.717) is 5.52 Å². The van der Waals surface area contributed by atoms with E-state index in [-0.39, 0.29) is 5.88 Å². The number of aromatic hydroxyl groups is 1. The number of rotatable bonds is 3. The fourth-order valence-corrected chi connectivity index (χ4v) is 2.98. The van der Waals surface area contributed by atoms with Crippen molar-refractivity contribution in [2.75, 3.05) is 14.2 Å². The minimum absolute atomic E-state index is 0.0671. The Morgan fingerprint density at radius 3 is 2.33 bits per heavy atom. The van der Waals surface area contributed by atoms with Crippen molar-refractivity contribution in [3.8, 4) is 28.5 Å². The van der Waals surface area contributed by atoms with Crippen LogP contribution in [0.1, 0.15) is 0 Å². The Balaban J connectivity index is 2.10.